The Balaban J connectivity index is 1.65. The van der Waals surface area contributed by atoms with Gasteiger partial charge in [-0.2, -0.15) is 5.10 Å². The van der Waals surface area contributed by atoms with E-state index in [0.717, 1.165) is 29.8 Å². The molecule has 1 aliphatic heterocycles. The van der Waals surface area contributed by atoms with Crippen molar-refractivity contribution in [3.63, 3.8) is 0 Å². The molecule has 2 N–H and O–H groups in total. The highest BCUT2D eigenvalue weighted by Gasteiger charge is 2.41. The summed E-state index contributed by atoms with van der Waals surface area (Å²) in [4.78, 5) is 4.31. The van der Waals surface area contributed by atoms with Gasteiger partial charge in [-0.3, -0.25) is 5.10 Å². The quantitative estimate of drug-likeness (QED) is 0.724. The number of aryl methyl sites for hydroxylation is 1. The molecular formula is C17H16N4O. The van der Waals surface area contributed by atoms with Gasteiger partial charge in [0.2, 0.25) is 0 Å². The molecule has 0 amide bonds. The summed E-state index contributed by atoms with van der Waals surface area (Å²) < 4.78 is 2.21. The molecule has 0 fully saturated rings. The number of nitrogens with zero attached hydrogens (tertiary/aromatic N) is 3. The summed E-state index contributed by atoms with van der Waals surface area (Å²) in [6, 6.07) is 8.58. The minimum absolute atomic E-state index is 0.129. The molecule has 3 heterocycles. The van der Waals surface area contributed by atoms with E-state index < -0.39 is 6.10 Å². The molecule has 0 saturated heterocycles. The number of hydrogen-bond acceptors (Lipinski definition) is 3. The molecule has 0 radical (unpaired) electrons. The van der Waals surface area contributed by atoms with Crippen LogP contribution in [0.3, 0.4) is 0 Å². The van der Waals surface area contributed by atoms with Crippen LogP contribution in [0.2, 0.25) is 0 Å². The molecule has 2 aromatic heterocycles. The molecule has 5 nitrogen and oxygen atoms in total. The summed E-state index contributed by atoms with van der Waals surface area (Å²) in [5, 5.41) is 17.9. The van der Waals surface area contributed by atoms with Gasteiger partial charge in [-0.1, -0.05) is 24.3 Å². The molecule has 5 rings (SSSR count). The maximum Gasteiger partial charge on any atom is 0.101 e. The molecule has 0 spiro atoms. The first-order valence-corrected chi connectivity index (χ1v) is 7.66. The SMILES string of the molecule is O[C@H]1c2[nH]ncc2CC[C@H]1[C@@H]1c2ccccc2-c2cncn21. The molecule has 1 aliphatic carbocycles. The normalized spacial score (nSPS) is 25.6. The fourth-order valence-corrected chi connectivity index (χ4v) is 4.11. The molecule has 5 heteroatoms. The summed E-state index contributed by atoms with van der Waals surface area (Å²) in [7, 11) is 0. The predicted molar refractivity (Wildman–Crippen MR) is 81.2 cm³/mol. The van der Waals surface area contributed by atoms with Crippen molar-refractivity contribution < 1.29 is 5.11 Å². The van der Waals surface area contributed by atoms with Crippen molar-refractivity contribution >= 4 is 0 Å². The first-order valence-electron chi connectivity index (χ1n) is 7.66. The maximum absolute atomic E-state index is 10.9. The topological polar surface area (TPSA) is 66.7 Å². The average molecular weight is 292 g/mol. The van der Waals surface area contributed by atoms with Crippen LogP contribution in [0, 0.1) is 5.92 Å². The highest BCUT2D eigenvalue weighted by molar-refractivity contribution is 5.69. The standard InChI is InChI=1S/C17H16N4O/c22-17-13(6-5-10-7-19-20-15(10)17)16-12-4-2-1-3-11(12)14-8-18-9-21(14)16/h1-4,7-9,13,16-17,22H,5-6H2,(H,19,20)/t13-,16-,17+/m0/s1. The molecule has 3 atom stereocenters. The fraction of sp³-hybridized carbons (Fsp3) is 0.294. The summed E-state index contributed by atoms with van der Waals surface area (Å²) in [5.41, 5.74) is 5.67. The van der Waals surface area contributed by atoms with Gasteiger partial charge in [0.05, 0.1) is 36.2 Å². The van der Waals surface area contributed by atoms with Gasteiger partial charge >= 0.3 is 0 Å². The van der Waals surface area contributed by atoms with Gasteiger partial charge in [0.25, 0.3) is 0 Å². The Morgan fingerprint density at radius 2 is 2.14 bits per heavy atom. The van der Waals surface area contributed by atoms with E-state index in [0.29, 0.717) is 0 Å². The molecule has 2 aliphatic rings. The van der Waals surface area contributed by atoms with Crippen molar-refractivity contribution in [1.29, 1.82) is 0 Å². The third-order valence-corrected chi connectivity index (χ3v) is 5.13. The van der Waals surface area contributed by atoms with E-state index in [4.69, 9.17) is 0 Å². The number of benzene rings is 1. The second kappa shape index (κ2) is 4.30. The van der Waals surface area contributed by atoms with E-state index in [-0.39, 0.29) is 12.0 Å². The largest absolute Gasteiger partial charge is 0.386 e. The van der Waals surface area contributed by atoms with Gasteiger partial charge < -0.3 is 9.67 Å². The maximum atomic E-state index is 10.9. The van der Waals surface area contributed by atoms with Crippen LogP contribution in [0.15, 0.2) is 43.0 Å². The lowest BCUT2D eigenvalue weighted by Crippen LogP contribution is -2.28. The Hall–Kier alpha value is -2.40. The van der Waals surface area contributed by atoms with Crippen molar-refractivity contribution in [1.82, 2.24) is 19.7 Å². The number of imidazole rings is 1. The van der Waals surface area contributed by atoms with Crippen LogP contribution >= 0.6 is 0 Å². The van der Waals surface area contributed by atoms with Crippen LogP contribution in [-0.2, 0) is 6.42 Å². The molecular weight excluding hydrogens is 276 g/mol. The molecule has 3 aromatic rings. The van der Waals surface area contributed by atoms with Gasteiger partial charge in [-0.15, -0.1) is 0 Å². The lowest BCUT2D eigenvalue weighted by molar-refractivity contribution is 0.0684. The minimum atomic E-state index is -0.516. The molecule has 22 heavy (non-hydrogen) atoms. The minimum Gasteiger partial charge on any atom is -0.386 e. The second-order valence-corrected chi connectivity index (χ2v) is 6.17. The Morgan fingerprint density at radius 3 is 3.09 bits per heavy atom. The van der Waals surface area contributed by atoms with Crippen LogP contribution in [-0.4, -0.2) is 24.9 Å². The number of aromatic amines is 1. The second-order valence-electron chi connectivity index (χ2n) is 6.17. The molecule has 0 saturated carbocycles. The lowest BCUT2D eigenvalue weighted by Gasteiger charge is -2.33. The predicted octanol–water partition coefficient (Wildman–Crippen LogP) is 2.47. The number of aliphatic hydroxyl groups excluding tert-OH is 1. The third kappa shape index (κ3) is 1.46. The fourth-order valence-electron chi connectivity index (χ4n) is 4.11. The van der Waals surface area contributed by atoms with E-state index >= 15 is 0 Å². The molecule has 0 unspecified atom stereocenters. The highest BCUT2D eigenvalue weighted by atomic mass is 16.3. The summed E-state index contributed by atoms with van der Waals surface area (Å²) in [5.74, 6) is 0.129. The number of aliphatic hydroxyl groups is 1. The van der Waals surface area contributed by atoms with Gasteiger partial charge in [0.1, 0.15) is 6.10 Å². The van der Waals surface area contributed by atoms with Crippen molar-refractivity contribution in [3.05, 3.63) is 59.8 Å². The van der Waals surface area contributed by atoms with Gasteiger partial charge in [-0.05, 0) is 24.0 Å². The highest BCUT2D eigenvalue weighted by Crippen LogP contribution is 2.49. The molecule has 110 valence electrons. The first kappa shape index (κ1) is 12.2. The number of aromatic nitrogens is 4. The van der Waals surface area contributed by atoms with Gasteiger partial charge in [0, 0.05) is 11.5 Å². The van der Waals surface area contributed by atoms with E-state index in [2.05, 4.69) is 44.0 Å². The van der Waals surface area contributed by atoms with Crippen molar-refractivity contribution in [2.24, 2.45) is 5.92 Å². The Labute approximate surface area is 127 Å². The van der Waals surface area contributed by atoms with Crippen LogP contribution in [0.5, 0.6) is 0 Å². The van der Waals surface area contributed by atoms with Crippen LogP contribution in [0.1, 0.15) is 35.4 Å². The smallest absolute Gasteiger partial charge is 0.101 e. The van der Waals surface area contributed by atoms with E-state index in [1.807, 2.05) is 18.7 Å². The number of H-pyrrole nitrogens is 1. The molecule has 1 aromatic carbocycles. The number of hydrogen-bond donors (Lipinski definition) is 2. The van der Waals surface area contributed by atoms with Crippen LogP contribution < -0.4 is 0 Å². The van der Waals surface area contributed by atoms with Gasteiger partial charge in [-0.25, -0.2) is 4.98 Å². The molecule has 0 bridgehead atoms. The van der Waals surface area contributed by atoms with Crippen molar-refractivity contribution in [2.45, 2.75) is 25.0 Å². The zero-order valence-electron chi connectivity index (χ0n) is 12.0. The zero-order valence-corrected chi connectivity index (χ0v) is 12.0. The monoisotopic (exact) mass is 292 g/mol. The summed E-state index contributed by atoms with van der Waals surface area (Å²) in [6.45, 7) is 0. The Kier molecular flexibility index (Phi) is 2.38. The average Bonchev–Trinajstić information content (AvgIpc) is 3.23. The summed E-state index contributed by atoms with van der Waals surface area (Å²) >= 11 is 0. The van der Waals surface area contributed by atoms with Crippen molar-refractivity contribution in [3.8, 4) is 11.3 Å². The third-order valence-electron chi connectivity index (χ3n) is 5.13. The number of fused-ring (bicyclic) bond motifs is 4. The number of rotatable bonds is 1. The first-order chi connectivity index (χ1) is 10.8. The van der Waals surface area contributed by atoms with E-state index in [1.54, 1.807) is 0 Å². The van der Waals surface area contributed by atoms with Crippen LogP contribution in [0.25, 0.3) is 11.3 Å². The van der Waals surface area contributed by atoms with E-state index in [9.17, 15) is 5.11 Å². The van der Waals surface area contributed by atoms with Gasteiger partial charge in [0.15, 0.2) is 0 Å². The lowest BCUT2D eigenvalue weighted by atomic mass is 9.78. The van der Waals surface area contributed by atoms with Crippen molar-refractivity contribution in [2.75, 3.05) is 0 Å². The Bertz CT molecular complexity index is 850. The zero-order chi connectivity index (χ0) is 14.7. The van der Waals surface area contributed by atoms with E-state index in [1.165, 1.54) is 11.1 Å². The summed E-state index contributed by atoms with van der Waals surface area (Å²) in [6.07, 6.45) is 7.02. The Morgan fingerprint density at radius 1 is 1.23 bits per heavy atom. The van der Waals surface area contributed by atoms with Crippen LogP contribution in [0.4, 0.5) is 0 Å². The number of nitrogens with one attached hydrogen (secondary N) is 1.